The monoisotopic (exact) mass is 218 g/mol. The van der Waals surface area contributed by atoms with Gasteiger partial charge in [0.1, 0.15) is 11.8 Å². The Balaban J connectivity index is 2.24. The van der Waals surface area contributed by atoms with Crippen LogP contribution in [0.15, 0.2) is 12.3 Å². The Kier molecular flexibility index (Phi) is 2.37. The van der Waals surface area contributed by atoms with Crippen LogP contribution >= 0.6 is 0 Å². The molecule has 1 aromatic heterocycles. The van der Waals surface area contributed by atoms with E-state index in [0.29, 0.717) is 5.69 Å². The van der Waals surface area contributed by atoms with Crippen molar-refractivity contribution < 1.29 is 9.31 Å². The molecule has 1 saturated heterocycles. The van der Waals surface area contributed by atoms with E-state index in [0.717, 1.165) is 5.46 Å². The van der Waals surface area contributed by atoms with Crippen molar-refractivity contribution in [3.05, 3.63) is 18.0 Å². The maximum atomic E-state index is 8.74. The van der Waals surface area contributed by atoms with Crippen LogP contribution in [0.4, 0.5) is 0 Å². The molecule has 2 heterocycles. The minimum absolute atomic E-state index is 0.345. The van der Waals surface area contributed by atoms with Gasteiger partial charge in [-0.3, -0.25) is 0 Å². The number of aromatic nitrogens is 1. The summed E-state index contributed by atoms with van der Waals surface area (Å²) in [5.41, 5.74) is 0.684. The lowest BCUT2D eigenvalue weighted by atomic mass is 9.81. The molecule has 4 nitrogen and oxygen atoms in total. The van der Waals surface area contributed by atoms with Crippen LogP contribution < -0.4 is 5.46 Å². The minimum atomic E-state index is -0.400. The van der Waals surface area contributed by atoms with E-state index in [4.69, 9.17) is 14.6 Å². The molecule has 0 radical (unpaired) electrons. The zero-order valence-corrected chi connectivity index (χ0v) is 10.00. The Labute approximate surface area is 95.7 Å². The van der Waals surface area contributed by atoms with E-state index in [-0.39, 0.29) is 11.2 Å². The lowest BCUT2D eigenvalue weighted by molar-refractivity contribution is 0.00578. The van der Waals surface area contributed by atoms with Gasteiger partial charge in [-0.1, -0.05) is 0 Å². The fraction of sp³-hybridized carbons (Fsp3) is 0.545. The van der Waals surface area contributed by atoms with E-state index < -0.39 is 7.12 Å². The molecule has 1 aromatic rings. The molecule has 16 heavy (non-hydrogen) atoms. The second-order valence-corrected chi connectivity index (χ2v) is 5.05. The fourth-order valence-electron chi connectivity index (χ4n) is 1.59. The van der Waals surface area contributed by atoms with Gasteiger partial charge in [0, 0.05) is 11.7 Å². The zero-order chi connectivity index (χ0) is 12.0. The van der Waals surface area contributed by atoms with Gasteiger partial charge in [0.15, 0.2) is 0 Å². The summed E-state index contributed by atoms with van der Waals surface area (Å²) in [6.07, 6.45) is 1.75. The fourth-order valence-corrected chi connectivity index (χ4v) is 1.59. The highest BCUT2D eigenvalue weighted by atomic mass is 16.7. The molecule has 1 N–H and O–H groups in total. The van der Waals surface area contributed by atoms with Crippen LogP contribution in [-0.2, 0) is 9.31 Å². The molecule has 2 rings (SSSR count). The van der Waals surface area contributed by atoms with E-state index in [1.807, 2.05) is 33.8 Å². The van der Waals surface area contributed by atoms with Crippen molar-refractivity contribution in [3.63, 3.8) is 0 Å². The number of nitrogens with zero attached hydrogens (tertiary/aromatic N) is 1. The van der Waals surface area contributed by atoms with Crippen molar-refractivity contribution in [1.29, 1.82) is 5.26 Å². The Bertz CT molecular complexity index is 429. The number of H-pyrrole nitrogens is 1. The van der Waals surface area contributed by atoms with Crippen molar-refractivity contribution in [2.75, 3.05) is 0 Å². The minimum Gasteiger partial charge on any atom is -0.399 e. The number of hydrogen-bond acceptors (Lipinski definition) is 3. The normalized spacial score (nSPS) is 22.1. The van der Waals surface area contributed by atoms with Crippen LogP contribution in [0.3, 0.4) is 0 Å². The average molecular weight is 218 g/mol. The molecule has 0 amide bonds. The van der Waals surface area contributed by atoms with Crippen LogP contribution in [0.1, 0.15) is 33.4 Å². The predicted octanol–water partition coefficient (Wildman–Crippen LogP) is 1.19. The maximum Gasteiger partial charge on any atom is 0.496 e. The maximum absolute atomic E-state index is 8.74. The summed E-state index contributed by atoms with van der Waals surface area (Å²) in [6.45, 7) is 8.02. The molecule has 0 unspecified atom stereocenters. The summed E-state index contributed by atoms with van der Waals surface area (Å²) in [6, 6.07) is 3.80. The largest absolute Gasteiger partial charge is 0.496 e. The van der Waals surface area contributed by atoms with Crippen molar-refractivity contribution in [1.82, 2.24) is 4.98 Å². The predicted molar refractivity (Wildman–Crippen MR) is 61.2 cm³/mol. The second kappa shape index (κ2) is 3.37. The molecule has 1 aliphatic heterocycles. The second-order valence-electron chi connectivity index (χ2n) is 5.05. The van der Waals surface area contributed by atoms with E-state index in [2.05, 4.69) is 4.98 Å². The van der Waals surface area contributed by atoms with Gasteiger partial charge in [0.2, 0.25) is 0 Å². The van der Waals surface area contributed by atoms with Crippen LogP contribution in [0.25, 0.3) is 0 Å². The first-order valence-corrected chi connectivity index (χ1v) is 5.30. The molecule has 1 fully saturated rings. The molecular weight excluding hydrogens is 203 g/mol. The van der Waals surface area contributed by atoms with Crippen LogP contribution in [-0.4, -0.2) is 23.3 Å². The average Bonchev–Trinajstić information content (AvgIpc) is 2.70. The third-order valence-electron chi connectivity index (χ3n) is 3.35. The topological polar surface area (TPSA) is 58.0 Å². The highest BCUT2D eigenvalue weighted by Crippen LogP contribution is 2.36. The van der Waals surface area contributed by atoms with E-state index in [9.17, 15) is 0 Å². The van der Waals surface area contributed by atoms with E-state index >= 15 is 0 Å². The number of nitriles is 1. The van der Waals surface area contributed by atoms with Gasteiger partial charge in [0.25, 0.3) is 0 Å². The SMILES string of the molecule is CC1(C)OB(c2c[nH]c(C#N)c2)OC1(C)C. The van der Waals surface area contributed by atoms with Gasteiger partial charge >= 0.3 is 7.12 Å². The summed E-state index contributed by atoms with van der Waals surface area (Å²) < 4.78 is 11.7. The first-order valence-electron chi connectivity index (χ1n) is 5.30. The number of nitrogens with one attached hydrogen (secondary N) is 1. The molecule has 0 bridgehead atoms. The van der Waals surface area contributed by atoms with E-state index in [1.54, 1.807) is 12.3 Å². The Hall–Kier alpha value is -1.25. The van der Waals surface area contributed by atoms with Gasteiger partial charge in [-0.05, 0) is 33.8 Å². The zero-order valence-electron chi connectivity index (χ0n) is 10.00. The van der Waals surface area contributed by atoms with Gasteiger partial charge in [-0.15, -0.1) is 0 Å². The molecule has 0 atom stereocenters. The Morgan fingerprint density at radius 1 is 1.25 bits per heavy atom. The van der Waals surface area contributed by atoms with Gasteiger partial charge in [0.05, 0.1) is 11.2 Å². The molecule has 1 aliphatic rings. The third kappa shape index (κ3) is 1.64. The number of aromatic amines is 1. The van der Waals surface area contributed by atoms with Crippen LogP contribution in [0.5, 0.6) is 0 Å². The standard InChI is InChI=1S/C11H15BN2O2/c1-10(2)11(3,4)16-12(15-10)8-5-9(6-13)14-7-8/h5,7,14H,1-4H3. The number of rotatable bonds is 1. The molecule has 0 saturated carbocycles. The summed E-state index contributed by atoms with van der Waals surface area (Å²) in [5.74, 6) is 0. The quantitative estimate of drug-likeness (QED) is 0.720. The summed E-state index contributed by atoms with van der Waals surface area (Å²) >= 11 is 0. The van der Waals surface area contributed by atoms with Crippen molar-refractivity contribution in [3.8, 4) is 6.07 Å². The van der Waals surface area contributed by atoms with Gasteiger partial charge in [-0.25, -0.2) is 0 Å². The first-order chi connectivity index (χ1) is 7.36. The smallest absolute Gasteiger partial charge is 0.399 e. The molecule has 0 aromatic carbocycles. The van der Waals surface area contributed by atoms with Crippen LogP contribution in [0.2, 0.25) is 0 Å². The third-order valence-corrected chi connectivity index (χ3v) is 3.35. The Morgan fingerprint density at radius 3 is 2.25 bits per heavy atom. The summed E-state index contributed by atoms with van der Waals surface area (Å²) in [5, 5.41) is 8.74. The first kappa shape index (κ1) is 11.2. The van der Waals surface area contributed by atoms with Gasteiger partial charge in [-0.2, -0.15) is 5.26 Å². The van der Waals surface area contributed by atoms with Crippen LogP contribution in [0, 0.1) is 11.3 Å². The summed E-state index contributed by atoms with van der Waals surface area (Å²) in [7, 11) is -0.400. The lowest BCUT2D eigenvalue weighted by Gasteiger charge is -2.32. The van der Waals surface area contributed by atoms with Crippen molar-refractivity contribution in [2.45, 2.75) is 38.9 Å². The van der Waals surface area contributed by atoms with E-state index in [1.165, 1.54) is 0 Å². The molecule has 84 valence electrons. The number of hydrogen-bond donors (Lipinski definition) is 1. The molecule has 0 aliphatic carbocycles. The van der Waals surface area contributed by atoms with Gasteiger partial charge < -0.3 is 14.3 Å². The Morgan fingerprint density at radius 2 is 1.81 bits per heavy atom. The highest BCUT2D eigenvalue weighted by molar-refractivity contribution is 6.62. The lowest BCUT2D eigenvalue weighted by Crippen LogP contribution is -2.41. The summed E-state index contributed by atoms with van der Waals surface area (Å²) in [4.78, 5) is 2.87. The molecule has 0 spiro atoms. The highest BCUT2D eigenvalue weighted by Gasteiger charge is 2.51. The molecular formula is C11H15BN2O2. The van der Waals surface area contributed by atoms with Crippen molar-refractivity contribution in [2.24, 2.45) is 0 Å². The molecule has 5 heteroatoms. The van der Waals surface area contributed by atoms with Crippen molar-refractivity contribution >= 4 is 12.6 Å².